The third-order valence-corrected chi connectivity index (χ3v) is 8.36. The van der Waals surface area contributed by atoms with Gasteiger partial charge in [0.15, 0.2) is 0 Å². The van der Waals surface area contributed by atoms with Crippen LogP contribution in [0.2, 0.25) is 0 Å². The molecule has 0 bridgehead atoms. The molecule has 0 radical (unpaired) electrons. The van der Waals surface area contributed by atoms with E-state index >= 15 is 0 Å². The van der Waals surface area contributed by atoms with Gasteiger partial charge in [0.25, 0.3) is 0 Å². The Morgan fingerprint density at radius 1 is 0.595 bits per heavy atom. The van der Waals surface area contributed by atoms with E-state index in [4.69, 9.17) is 9.47 Å². The first-order valence-electron chi connectivity index (χ1n) is 15.0. The molecule has 0 fully saturated rings. The molecule has 0 spiro atoms. The average molecular weight is 565 g/mol. The summed E-state index contributed by atoms with van der Waals surface area (Å²) in [7, 11) is 0. The maximum atomic E-state index is 9.51. The van der Waals surface area contributed by atoms with E-state index in [9.17, 15) is 10.2 Å². The zero-order valence-corrected chi connectivity index (χ0v) is 25.8. The van der Waals surface area contributed by atoms with Crippen molar-refractivity contribution in [2.24, 2.45) is 0 Å². The summed E-state index contributed by atoms with van der Waals surface area (Å²) in [6, 6.07) is 30.8. The van der Waals surface area contributed by atoms with Gasteiger partial charge in [0.1, 0.15) is 24.7 Å². The summed E-state index contributed by atoms with van der Waals surface area (Å²) in [5.74, 6) is 1.60. The third kappa shape index (κ3) is 5.34. The Hall–Kier alpha value is -3.60. The number of rotatable bonds is 8. The second-order valence-corrected chi connectivity index (χ2v) is 13.3. The maximum absolute atomic E-state index is 9.51. The molecule has 0 atom stereocenters. The first kappa shape index (κ1) is 29.9. The van der Waals surface area contributed by atoms with Gasteiger partial charge in [-0.1, -0.05) is 102 Å². The van der Waals surface area contributed by atoms with Crippen LogP contribution >= 0.6 is 0 Å². The number of ether oxygens (including phenoxy) is 2. The van der Waals surface area contributed by atoms with E-state index in [1.807, 2.05) is 0 Å². The van der Waals surface area contributed by atoms with Crippen molar-refractivity contribution in [1.82, 2.24) is 0 Å². The fraction of sp³-hybridized carbons (Fsp3) is 0.368. The van der Waals surface area contributed by atoms with Crippen molar-refractivity contribution in [2.45, 2.75) is 64.2 Å². The van der Waals surface area contributed by atoms with E-state index in [1.54, 1.807) is 0 Å². The lowest BCUT2D eigenvalue weighted by Gasteiger charge is -2.43. The van der Waals surface area contributed by atoms with E-state index in [0.717, 1.165) is 29.0 Å². The Morgan fingerprint density at radius 3 is 1.38 bits per heavy atom. The van der Waals surface area contributed by atoms with E-state index in [0.29, 0.717) is 0 Å². The lowest BCUT2D eigenvalue weighted by Crippen LogP contribution is -2.37. The first-order chi connectivity index (χ1) is 20.0. The summed E-state index contributed by atoms with van der Waals surface area (Å²) in [5.41, 5.74) is 8.77. The third-order valence-electron chi connectivity index (χ3n) is 8.36. The highest BCUT2D eigenvalue weighted by Gasteiger charge is 2.45. The van der Waals surface area contributed by atoms with Gasteiger partial charge < -0.3 is 19.7 Å². The van der Waals surface area contributed by atoms with Gasteiger partial charge in [-0.25, -0.2) is 0 Å². The van der Waals surface area contributed by atoms with Crippen LogP contribution in [0.15, 0.2) is 84.9 Å². The van der Waals surface area contributed by atoms with Crippen molar-refractivity contribution in [3.05, 3.63) is 129 Å². The predicted molar refractivity (Wildman–Crippen MR) is 170 cm³/mol. The van der Waals surface area contributed by atoms with Crippen LogP contribution in [-0.2, 0) is 22.7 Å². The average Bonchev–Trinajstić information content (AvgIpc) is 2.96. The van der Waals surface area contributed by atoms with Crippen LogP contribution in [0.5, 0.6) is 11.5 Å². The minimum Gasteiger partial charge on any atom is -0.491 e. The van der Waals surface area contributed by atoms with Gasteiger partial charge in [-0.05, 0) is 86.0 Å². The minimum absolute atomic E-state index is 0.0314. The van der Waals surface area contributed by atoms with Crippen molar-refractivity contribution >= 4 is 0 Å². The summed E-state index contributed by atoms with van der Waals surface area (Å²) in [5, 5.41) is 19.0. The summed E-state index contributed by atoms with van der Waals surface area (Å²) < 4.78 is 12.1. The number of hydrogen-bond donors (Lipinski definition) is 2. The monoisotopic (exact) mass is 564 g/mol. The van der Waals surface area contributed by atoms with Gasteiger partial charge in [0.05, 0.1) is 18.6 Å². The van der Waals surface area contributed by atoms with Crippen LogP contribution in [0.1, 0.15) is 86.1 Å². The Labute approximate surface area is 251 Å². The number of fused-ring (bicyclic) bond motifs is 2. The predicted octanol–water partition coefficient (Wildman–Crippen LogP) is 7.31. The molecule has 42 heavy (non-hydrogen) atoms. The van der Waals surface area contributed by atoms with Crippen LogP contribution in [0.25, 0.3) is 0 Å². The van der Waals surface area contributed by atoms with Gasteiger partial charge in [0.2, 0.25) is 0 Å². The molecule has 5 rings (SSSR count). The van der Waals surface area contributed by atoms with Gasteiger partial charge >= 0.3 is 0 Å². The SMILES string of the molecule is CC(C)(C)c1cc(C2(c3ccc(OCCO)c(C(C)(C)C)c3)c3ccccc3Cc3ccccc32)ccc1OCCO. The molecule has 0 amide bonds. The number of hydrogen-bond acceptors (Lipinski definition) is 4. The number of benzene rings is 4. The van der Waals surface area contributed by atoms with Crippen LogP contribution in [0, 0.1) is 0 Å². The molecule has 0 heterocycles. The van der Waals surface area contributed by atoms with E-state index in [-0.39, 0.29) is 37.3 Å². The van der Waals surface area contributed by atoms with Crippen LogP contribution in [-0.4, -0.2) is 36.6 Å². The molecule has 0 saturated heterocycles. The number of aliphatic hydroxyl groups excluding tert-OH is 2. The van der Waals surface area contributed by atoms with E-state index < -0.39 is 5.41 Å². The zero-order valence-electron chi connectivity index (χ0n) is 25.8. The Morgan fingerprint density at radius 2 is 1.00 bits per heavy atom. The zero-order chi connectivity index (χ0) is 30.1. The molecule has 2 N–H and O–H groups in total. The standard InChI is InChI=1S/C38H44O4/c1-36(2,3)32-24-28(15-17-34(32)41-21-19-39)38(29-16-18-35(42-22-20-40)33(25-29)37(4,5)6)30-13-9-7-11-26(30)23-27-12-8-10-14-31(27)38/h7-18,24-25,39-40H,19-23H2,1-6H3. The second-order valence-electron chi connectivity index (χ2n) is 13.3. The molecule has 4 heteroatoms. The summed E-state index contributed by atoms with van der Waals surface area (Å²) in [4.78, 5) is 0. The Kier molecular flexibility index (Phi) is 8.24. The molecular formula is C38H44O4. The van der Waals surface area contributed by atoms with Gasteiger partial charge in [-0.15, -0.1) is 0 Å². The van der Waals surface area contributed by atoms with Crippen molar-refractivity contribution in [3.8, 4) is 11.5 Å². The Bertz CT molecular complexity index is 1440. The molecule has 0 aliphatic heterocycles. The summed E-state index contributed by atoms with van der Waals surface area (Å²) >= 11 is 0. The Balaban J connectivity index is 1.90. The summed E-state index contributed by atoms with van der Waals surface area (Å²) in [6.45, 7) is 13.7. The van der Waals surface area contributed by atoms with Crippen molar-refractivity contribution in [1.29, 1.82) is 0 Å². The first-order valence-corrected chi connectivity index (χ1v) is 15.0. The highest BCUT2D eigenvalue weighted by Crippen LogP contribution is 2.53. The normalized spacial score (nSPS) is 14.2. The molecule has 1 aliphatic rings. The van der Waals surface area contributed by atoms with Crippen molar-refractivity contribution < 1.29 is 19.7 Å². The molecule has 220 valence electrons. The quantitative estimate of drug-likeness (QED) is 0.207. The largest absolute Gasteiger partial charge is 0.491 e. The van der Waals surface area contributed by atoms with Crippen molar-refractivity contribution in [3.63, 3.8) is 0 Å². The lowest BCUT2D eigenvalue weighted by atomic mass is 9.59. The van der Waals surface area contributed by atoms with Gasteiger partial charge in [-0.2, -0.15) is 0 Å². The lowest BCUT2D eigenvalue weighted by molar-refractivity contribution is 0.198. The number of aliphatic hydroxyl groups is 2. The summed E-state index contributed by atoms with van der Waals surface area (Å²) in [6.07, 6.45) is 0.877. The molecule has 4 aromatic carbocycles. The van der Waals surface area contributed by atoms with Crippen molar-refractivity contribution in [2.75, 3.05) is 26.4 Å². The van der Waals surface area contributed by atoms with Gasteiger partial charge in [-0.3, -0.25) is 0 Å². The molecule has 0 aromatic heterocycles. The second kappa shape index (κ2) is 11.6. The van der Waals surface area contributed by atoms with E-state index in [2.05, 4.69) is 126 Å². The maximum Gasteiger partial charge on any atom is 0.123 e. The van der Waals surface area contributed by atoms with Crippen LogP contribution in [0.3, 0.4) is 0 Å². The molecule has 4 aromatic rings. The molecule has 4 nitrogen and oxygen atoms in total. The van der Waals surface area contributed by atoms with Crippen LogP contribution in [0.4, 0.5) is 0 Å². The minimum atomic E-state index is -0.587. The fourth-order valence-corrected chi connectivity index (χ4v) is 6.48. The molecular weight excluding hydrogens is 520 g/mol. The highest BCUT2D eigenvalue weighted by molar-refractivity contribution is 5.68. The molecule has 0 saturated carbocycles. The fourth-order valence-electron chi connectivity index (χ4n) is 6.48. The topological polar surface area (TPSA) is 58.9 Å². The molecule has 0 unspecified atom stereocenters. The smallest absolute Gasteiger partial charge is 0.123 e. The molecule has 1 aliphatic carbocycles. The highest BCUT2D eigenvalue weighted by atomic mass is 16.5. The van der Waals surface area contributed by atoms with Crippen LogP contribution < -0.4 is 9.47 Å². The van der Waals surface area contributed by atoms with Gasteiger partial charge in [0, 0.05) is 0 Å². The van der Waals surface area contributed by atoms with E-state index in [1.165, 1.54) is 33.4 Å².